The fraction of sp³-hybridized carbons (Fsp3) is 0.208. The first-order valence-corrected chi connectivity index (χ1v) is 10.1. The Bertz CT molecular complexity index is 1340. The number of aryl methyl sites for hydroxylation is 3. The van der Waals surface area contributed by atoms with Crippen molar-refractivity contribution in [1.82, 2.24) is 9.56 Å². The molecule has 0 atom stereocenters. The molecule has 0 aliphatic carbocycles. The molecule has 2 aromatic heterocycles. The van der Waals surface area contributed by atoms with Crippen molar-refractivity contribution < 1.29 is 18.8 Å². The van der Waals surface area contributed by atoms with Gasteiger partial charge < -0.3 is 19.3 Å². The van der Waals surface area contributed by atoms with Crippen LogP contribution < -0.4 is 20.3 Å². The third-order valence-electron chi connectivity index (χ3n) is 4.82. The van der Waals surface area contributed by atoms with Gasteiger partial charge in [-0.2, -0.15) is 0 Å². The van der Waals surface area contributed by atoms with E-state index < -0.39 is 0 Å². The number of nitrogens with one attached hydrogen (secondary N) is 1. The molecule has 0 fully saturated rings. The number of fused-ring (bicyclic) bond motifs is 1. The Morgan fingerprint density at radius 1 is 1.00 bits per heavy atom. The molecule has 4 aromatic rings. The summed E-state index contributed by atoms with van der Waals surface area (Å²) in [5.74, 6) is 1.56. The summed E-state index contributed by atoms with van der Waals surface area (Å²) in [5.41, 5.74) is 3.03. The van der Waals surface area contributed by atoms with Crippen LogP contribution in [0.4, 0.5) is 5.69 Å². The Morgan fingerprint density at radius 2 is 1.78 bits per heavy atom. The molecule has 4 rings (SSSR count). The van der Waals surface area contributed by atoms with Crippen molar-refractivity contribution >= 4 is 17.2 Å². The standard InChI is InChI=1S/C24H23N3O5/c1-15-6-4-5-7-20(15)31-14-23(28)26-18-9-8-16(2)21(11-18)30-13-19-12-24(29)27-22(25-19)10-17(3)32-27/h4-12H,13-14H2,1-3H3,(H,26,28). The molecule has 1 N–H and O–H groups in total. The molecule has 0 saturated carbocycles. The zero-order valence-electron chi connectivity index (χ0n) is 18.0. The Morgan fingerprint density at radius 3 is 2.59 bits per heavy atom. The number of ether oxygens (including phenoxy) is 2. The van der Waals surface area contributed by atoms with Gasteiger partial charge in [-0.05, 0) is 44.0 Å². The third kappa shape index (κ3) is 4.80. The van der Waals surface area contributed by atoms with Crippen LogP contribution in [0.5, 0.6) is 11.5 Å². The van der Waals surface area contributed by atoms with E-state index in [4.69, 9.17) is 14.0 Å². The third-order valence-corrected chi connectivity index (χ3v) is 4.82. The number of anilines is 1. The molecule has 164 valence electrons. The Balaban J connectivity index is 1.41. The molecule has 0 spiro atoms. The molecule has 0 bridgehead atoms. The SMILES string of the molecule is Cc1cc2nc(COc3cc(NC(=O)COc4ccccc4C)ccc3C)cc(=O)n2o1. The summed E-state index contributed by atoms with van der Waals surface area (Å²) in [6.45, 7) is 5.57. The summed E-state index contributed by atoms with van der Waals surface area (Å²) in [4.78, 5) is 28.9. The van der Waals surface area contributed by atoms with Gasteiger partial charge in [-0.1, -0.05) is 24.3 Å². The summed E-state index contributed by atoms with van der Waals surface area (Å²) < 4.78 is 17.9. The zero-order chi connectivity index (χ0) is 22.7. The number of hydrogen-bond donors (Lipinski definition) is 1. The molecule has 8 heteroatoms. The quantitative estimate of drug-likeness (QED) is 0.476. The highest BCUT2D eigenvalue weighted by Gasteiger charge is 2.10. The normalized spacial score (nSPS) is 10.8. The number of rotatable bonds is 7. The van der Waals surface area contributed by atoms with E-state index in [1.165, 1.54) is 6.07 Å². The van der Waals surface area contributed by atoms with Crippen molar-refractivity contribution in [3.8, 4) is 11.5 Å². The zero-order valence-corrected chi connectivity index (χ0v) is 18.0. The summed E-state index contributed by atoms with van der Waals surface area (Å²) in [5, 5.41) is 2.81. The molecule has 0 unspecified atom stereocenters. The number of para-hydroxylation sites is 1. The van der Waals surface area contributed by atoms with Gasteiger partial charge in [-0.15, -0.1) is 4.57 Å². The lowest BCUT2D eigenvalue weighted by Gasteiger charge is -2.12. The van der Waals surface area contributed by atoms with Crippen LogP contribution in [0.2, 0.25) is 0 Å². The first-order valence-electron chi connectivity index (χ1n) is 10.1. The second kappa shape index (κ2) is 8.97. The van der Waals surface area contributed by atoms with E-state index in [9.17, 15) is 9.59 Å². The molecule has 0 aliphatic heterocycles. The lowest BCUT2D eigenvalue weighted by molar-refractivity contribution is -0.118. The largest absolute Gasteiger partial charge is 0.487 e. The van der Waals surface area contributed by atoms with Crippen molar-refractivity contribution in [3.05, 3.63) is 87.5 Å². The first kappa shape index (κ1) is 21.2. The molecule has 1 amide bonds. The molecule has 8 nitrogen and oxygen atoms in total. The smallest absolute Gasteiger partial charge is 0.287 e. The van der Waals surface area contributed by atoms with Crippen LogP contribution in [0, 0.1) is 20.8 Å². The van der Waals surface area contributed by atoms with Gasteiger partial charge in [0.25, 0.3) is 11.5 Å². The van der Waals surface area contributed by atoms with E-state index in [2.05, 4.69) is 10.3 Å². The number of nitrogens with zero attached hydrogens (tertiary/aromatic N) is 2. The minimum atomic E-state index is -0.312. The first-order chi connectivity index (χ1) is 15.4. The van der Waals surface area contributed by atoms with Gasteiger partial charge in [0.2, 0.25) is 0 Å². The lowest BCUT2D eigenvalue weighted by Crippen LogP contribution is -2.20. The van der Waals surface area contributed by atoms with Crippen molar-refractivity contribution in [2.45, 2.75) is 27.4 Å². The second-order valence-corrected chi connectivity index (χ2v) is 7.46. The Labute approximate surface area is 184 Å². The van der Waals surface area contributed by atoms with E-state index in [-0.39, 0.29) is 24.7 Å². The van der Waals surface area contributed by atoms with Crippen LogP contribution in [-0.2, 0) is 11.4 Å². The average Bonchev–Trinajstić information content (AvgIpc) is 3.14. The Kier molecular flexibility index (Phi) is 5.93. The van der Waals surface area contributed by atoms with E-state index in [0.29, 0.717) is 34.3 Å². The van der Waals surface area contributed by atoms with Crippen LogP contribution in [-0.4, -0.2) is 22.1 Å². The Hall–Kier alpha value is -4.07. The predicted molar refractivity (Wildman–Crippen MR) is 119 cm³/mol. The van der Waals surface area contributed by atoms with E-state index in [1.54, 1.807) is 25.1 Å². The summed E-state index contributed by atoms with van der Waals surface area (Å²) >= 11 is 0. The number of hydrogen-bond acceptors (Lipinski definition) is 6. The molecule has 32 heavy (non-hydrogen) atoms. The topological polar surface area (TPSA) is 95.1 Å². The highest BCUT2D eigenvalue weighted by molar-refractivity contribution is 5.92. The lowest BCUT2D eigenvalue weighted by atomic mass is 10.2. The van der Waals surface area contributed by atoms with Crippen LogP contribution >= 0.6 is 0 Å². The summed E-state index contributed by atoms with van der Waals surface area (Å²) in [7, 11) is 0. The van der Waals surface area contributed by atoms with Gasteiger partial charge in [0.1, 0.15) is 23.9 Å². The maximum atomic E-state index is 12.3. The van der Waals surface area contributed by atoms with Gasteiger partial charge >= 0.3 is 0 Å². The molecule has 2 aromatic carbocycles. The van der Waals surface area contributed by atoms with Crippen molar-refractivity contribution in [2.24, 2.45) is 0 Å². The minimum absolute atomic E-state index is 0.102. The number of carbonyl (C=O) groups excluding carboxylic acids is 1. The number of aromatic nitrogens is 2. The fourth-order valence-corrected chi connectivity index (χ4v) is 3.19. The molecule has 2 heterocycles. The van der Waals surface area contributed by atoms with Crippen molar-refractivity contribution in [3.63, 3.8) is 0 Å². The van der Waals surface area contributed by atoms with E-state index >= 15 is 0 Å². The van der Waals surface area contributed by atoms with Gasteiger partial charge in [0.15, 0.2) is 12.3 Å². The van der Waals surface area contributed by atoms with Gasteiger partial charge in [-0.25, -0.2) is 4.98 Å². The van der Waals surface area contributed by atoms with Gasteiger partial charge in [0.05, 0.1) is 5.69 Å². The monoisotopic (exact) mass is 433 g/mol. The molecular formula is C24H23N3O5. The number of amides is 1. The van der Waals surface area contributed by atoms with Gasteiger partial charge in [0, 0.05) is 23.9 Å². The van der Waals surface area contributed by atoms with Crippen LogP contribution in [0.15, 0.2) is 63.9 Å². The molecule has 0 saturated heterocycles. The maximum absolute atomic E-state index is 12.3. The average molecular weight is 433 g/mol. The van der Waals surface area contributed by atoms with E-state index in [1.807, 2.05) is 44.2 Å². The molecular weight excluding hydrogens is 410 g/mol. The highest BCUT2D eigenvalue weighted by atomic mass is 16.5. The van der Waals surface area contributed by atoms with Crippen molar-refractivity contribution in [2.75, 3.05) is 11.9 Å². The van der Waals surface area contributed by atoms with Crippen LogP contribution in [0.25, 0.3) is 5.65 Å². The summed E-state index contributed by atoms with van der Waals surface area (Å²) in [6.07, 6.45) is 0. The van der Waals surface area contributed by atoms with Crippen molar-refractivity contribution in [1.29, 1.82) is 0 Å². The van der Waals surface area contributed by atoms with E-state index in [0.717, 1.165) is 15.7 Å². The molecule has 0 radical (unpaired) electrons. The van der Waals surface area contributed by atoms with Gasteiger partial charge in [-0.3, -0.25) is 9.59 Å². The molecule has 0 aliphatic rings. The maximum Gasteiger partial charge on any atom is 0.287 e. The fourth-order valence-electron chi connectivity index (χ4n) is 3.19. The number of benzene rings is 2. The second-order valence-electron chi connectivity index (χ2n) is 7.46. The highest BCUT2D eigenvalue weighted by Crippen LogP contribution is 2.24. The predicted octanol–water partition coefficient (Wildman–Crippen LogP) is 3.81. The summed E-state index contributed by atoms with van der Waals surface area (Å²) in [6, 6.07) is 15.9. The minimum Gasteiger partial charge on any atom is -0.487 e. The van der Waals surface area contributed by atoms with Crippen LogP contribution in [0.1, 0.15) is 22.6 Å². The number of carbonyl (C=O) groups is 1. The van der Waals surface area contributed by atoms with Crippen LogP contribution in [0.3, 0.4) is 0 Å².